The maximum atomic E-state index is 13.2. The molecule has 0 aliphatic rings. The van der Waals surface area contributed by atoms with Gasteiger partial charge in [-0.3, -0.25) is 19.6 Å². The van der Waals surface area contributed by atoms with E-state index < -0.39 is 22.3 Å². The molecule has 8 heteroatoms. The maximum absolute atomic E-state index is 13.2. The summed E-state index contributed by atoms with van der Waals surface area (Å²) >= 11 is 0. The van der Waals surface area contributed by atoms with Crippen LogP contribution in [0.25, 0.3) is 0 Å². The molecule has 2 aromatic rings. The number of hydrogen-bond donors (Lipinski definition) is 1. The summed E-state index contributed by atoms with van der Waals surface area (Å²) in [5.74, 6) is -1.45. The van der Waals surface area contributed by atoms with Crippen LogP contribution in [0.1, 0.15) is 16.1 Å². The molecule has 0 atom stereocenters. The highest BCUT2D eigenvalue weighted by Crippen LogP contribution is 2.18. The summed E-state index contributed by atoms with van der Waals surface area (Å²) in [4.78, 5) is 21.6. The summed E-state index contributed by atoms with van der Waals surface area (Å²) in [6.45, 7) is 0.351. The zero-order valence-electron chi connectivity index (χ0n) is 11.2. The quantitative estimate of drug-likeness (QED) is 0.667. The summed E-state index contributed by atoms with van der Waals surface area (Å²) in [6, 6.07) is 4.87. The summed E-state index contributed by atoms with van der Waals surface area (Å²) in [7, 11) is 1.79. The van der Waals surface area contributed by atoms with E-state index in [4.69, 9.17) is 0 Å². The number of rotatable bonds is 5. The molecule has 1 N–H and O–H groups in total. The predicted octanol–water partition coefficient (Wildman–Crippen LogP) is 1.44. The number of aromatic nitrogens is 2. The second-order valence-electron chi connectivity index (χ2n) is 4.38. The van der Waals surface area contributed by atoms with Crippen LogP contribution >= 0.6 is 0 Å². The van der Waals surface area contributed by atoms with Crippen molar-refractivity contribution in [2.24, 2.45) is 7.05 Å². The van der Waals surface area contributed by atoms with E-state index in [1.165, 1.54) is 6.07 Å². The van der Waals surface area contributed by atoms with E-state index >= 15 is 0 Å². The number of aryl methyl sites for hydroxylation is 1. The summed E-state index contributed by atoms with van der Waals surface area (Å²) < 4.78 is 14.9. The second-order valence-corrected chi connectivity index (χ2v) is 4.38. The number of nitro groups is 1. The molecule has 0 aliphatic carbocycles. The van der Waals surface area contributed by atoms with E-state index in [1.807, 2.05) is 6.07 Å². The van der Waals surface area contributed by atoms with E-state index in [0.29, 0.717) is 13.0 Å². The van der Waals surface area contributed by atoms with Crippen molar-refractivity contribution in [3.8, 4) is 0 Å². The van der Waals surface area contributed by atoms with Crippen molar-refractivity contribution < 1.29 is 14.1 Å². The Bertz CT molecular complexity index is 684. The fourth-order valence-corrected chi connectivity index (χ4v) is 1.85. The van der Waals surface area contributed by atoms with Crippen molar-refractivity contribution in [3.05, 3.63) is 57.7 Å². The predicted molar refractivity (Wildman–Crippen MR) is 72.3 cm³/mol. The van der Waals surface area contributed by atoms with Crippen LogP contribution in [0.15, 0.2) is 30.5 Å². The Hall–Kier alpha value is -2.77. The molecule has 0 saturated heterocycles. The van der Waals surface area contributed by atoms with E-state index in [-0.39, 0.29) is 5.56 Å². The summed E-state index contributed by atoms with van der Waals surface area (Å²) in [5.41, 5.74) is 0.280. The normalized spacial score (nSPS) is 10.4. The molecule has 0 bridgehead atoms. The maximum Gasteiger partial charge on any atom is 0.305 e. The molecule has 1 heterocycles. The Morgan fingerprint density at radius 1 is 1.48 bits per heavy atom. The first-order chi connectivity index (χ1) is 9.99. The molecule has 0 aliphatic heterocycles. The number of nitrogens with zero attached hydrogens (tertiary/aromatic N) is 3. The average molecular weight is 292 g/mol. The van der Waals surface area contributed by atoms with Gasteiger partial charge in [-0.2, -0.15) is 9.49 Å². The van der Waals surface area contributed by atoms with Crippen LogP contribution < -0.4 is 5.32 Å². The topological polar surface area (TPSA) is 90.1 Å². The molecular weight excluding hydrogens is 279 g/mol. The molecule has 1 aromatic carbocycles. The van der Waals surface area contributed by atoms with Gasteiger partial charge in [0.2, 0.25) is 5.82 Å². The van der Waals surface area contributed by atoms with Gasteiger partial charge in [0, 0.05) is 43.5 Å². The highest BCUT2D eigenvalue weighted by Gasteiger charge is 2.17. The zero-order chi connectivity index (χ0) is 15.4. The lowest BCUT2D eigenvalue weighted by molar-refractivity contribution is -0.387. The minimum atomic E-state index is -0.966. The minimum Gasteiger partial charge on any atom is -0.352 e. The number of amides is 1. The number of nitro benzene ring substituents is 1. The van der Waals surface area contributed by atoms with Crippen molar-refractivity contribution in [1.82, 2.24) is 15.1 Å². The smallest absolute Gasteiger partial charge is 0.305 e. The van der Waals surface area contributed by atoms with Gasteiger partial charge in [0.15, 0.2) is 0 Å². The second kappa shape index (κ2) is 6.12. The lowest BCUT2D eigenvalue weighted by Crippen LogP contribution is -2.26. The SMILES string of the molecule is Cn1nccc1CCNC(=O)c1ccc(F)c([N+](=O)[O-])c1. The third-order valence-electron chi connectivity index (χ3n) is 2.99. The highest BCUT2D eigenvalue weighted by atomic mass is 19.1. The van der Waals surface area contributed by atoms with Crippen LogP contribution in [-0.2, 0) is 13.5 Å². The van der Waals surface area contributed by atoms with Crippen LogP contribution in [0.2, 0.25) is 0 Å². The molecular formula is C13H13FN4O3. The fraction of sp³-hybridized carbons (Fsp3) is 0.231. The molecule has 0 fully saturated rings. The van der Waals surface area contributed by atoms with E-state index in [2.05, 4.69) is 10.4 Å². The summed E-state index contributed by atoms with van der Waals surface area (Å²) in [5, 5.41) is 17.3. The number of carbonyl (C=O) groups is 1. The number of hydrogen-bond acceptors (Lipinski definition) is 4. The van der Waals surface area contributed by atoms with Gasteiger partial charge in [-0.15, -0.1) is 0 Å². The largest absolute Gasteiger partial charge is 0.352 e. The Morgan fingerprint density at radius 3 is 2.86 bits per heavy atom. The monoisotopic (exact) mass is 292 g/mol. The molecule has 2 rings (SSSR count). The fourth-order valence-electron chi connectivity index (χ4n) is 1.85. The van der Waals surface area contributed by atoms with Gasteiger partial charge in [0.05, 0.1) is 4.92 Å². The number of nitrogens with one attached hydrogen (secondary N) is 1. The van der Waals surface area contributed by atoms with Crippen molar-refractivity contribution in [2.75, 3.05) is 6.54 Å². The lowest BCUT2D eigenvalue weighted by Gasteiger charge is -2.06. The Balaban J connectivity index is 1.99. The molecule has 0 spiro atoms. The van der Waals surface area contributed by atoms with Gasteiger partial charge in [-0.05, 0) is 18.2 Å². The molecule has 7 nitrogen and oxygen atoms in total. The van der Waals surface area contributed by atoms with Crippen LogP contribution in [0.5, 0.6) is 0 Å². The Morgan fingerprint density at radius 2 is 2.24 bits per heavy atom. The van der Waals surface area contributed by atoms with Gasteiger partial charge >= 0.3 is 5.69 Å². The van der Waals surface area contributed by atoms with E-state index in [0.717, 1.165) is 17.8 Å². The Kier molecular flexibility index (Phi) is 4.27. The number of carbonyl (C=O) groups excluding carboxylic acids is 1. The van der Waals surface area contributed by atoms with Crippen molar-refractivity contribution in [2.45, 2.75) is 6.42 Å². The minimum absolute atomic E-state index is 0.0492. The molecule has 0 radical (unpaired) electrons. The van der Waals surface area contributed by atoms with E-state index in [1.54, 1.807) is 17.9 Å². The van der Waals surface area contributed by atoms with Gasteiger partial charge < -0.3 is 5.32 Å². The molecule has 1 aromatic heterocycles. The molecule has 21 heavy (non-hydrogen) atoms. The third kappa shape index (κ3) is 3.41. The van der Waals surface area contributed by atoms with Crippen LogP contribution in [-0.4, -0.2) is 27.2 Å². The first kappa shape index (κ1) is 14.6. The number of benzene rings is 1. The molecule has 1 amide bonds. The Labute approximate surface area is 119 Å². The van der Waals surface area contributed by atoms with Gasteiger partial charge in [-0.1, -0.05) is 0 Å². The van der Waals surface area contributed by atoms with Crippen LogP contribution in [0.3, 0.4) is 0 Å². The molecule has 110 valence electrons. The molecule has 0 unspecified atom stereocenters. The molecule has 0 saturated carbocycles. The highest BCUT2D eigenvalue weighted by molar-refractivity contribution is 5.94. The third-order valence-corrected chi connectivity index (χ3v) is 2.99. The summed E-state index contributed by atoms with van der Waals surface area (Å²) in [6.07, 6.45) is 2.23. The number of halogens is 1. The van der Waals surface area contributed by atoms with Crippen LogP contribution in [0, 0.1) is 15.9 Å². The van der Waals surface area contributed by atoms with E-state index in [9.17, 15) is 19.3 Å². The lowest BCUT2D eigenvalue weighted by atomic mass is 10.2. The first-order valence-corrected chi connectivity index (χ1v) is 6.18. The average Bonchev–Trinajstić information content (AvgIpc) is 2.84. The van der Waals surface area contributed by atoms with Crippen molar-refractivity contribution in [1.29, 1.82) is 0 Å². The van der Waals surface area contributed by atoms with Gasteiger partial charge in [0.25, 0.3) is 5.91 Å². The standard InChI is InChI=1S/C13H13FN4O3/c1-17-10(5-7-16-17)4-6-15-13(19)9-2-3-11(14)12(8-9)18(20)21/h2-3,5,7-8H,4,6H2,1H3,(H,15,19). The zero-order valence-corrected chi connectivity index (χ0v) is 11.2. The van der Waals surface area contributed by atoms with Gasteiger partial charge in [-0.25, -0.2) is 0 Å². The van der Waals surface area contributed by atoms with Crippen LogP contribution in [0.4, 0.5) is 10.1 Å². The van der Waals surface area contributed by atoms with Crippen molar-refractivity contribution in [3.63, 3.8) is 0 Å². The van der Waals surface area contributed by atoms with Gasteiger partial charge in [0.1, 0.15) is 0 Å². The first-order valence-electron chi connectivity index (χ1n) is 6.18. The van der Waals surface area contributed by atoms with Crippen molar-refractivity contribution >= 4 is 11.6 Å².